The summed E-state index contributed by atoms with van der Waals surface area (Å²) in [6.07, 6.45) is 5.79. The van der Waals surface area contributed by atoms with Crippen molar-refractivity contribution in [2.75, 3.05) is 26.3 Å². The van der Waals surface area contributed by atoms with Crippen molar-refractivity contribution in [3.05, 3.63) is 59.9 Å². The predicted molar refractivity (Wildman–Crippen MR) is 110 cm³/mol. The number of rotatable bonds is 5. The Morgan fingerprint density at radius 3 is 3.00 bits per heavy atom. The van der Waals surface area contributed by atoms with E-state index in [1.807, 2.05) is 41.6 Å². The van der Waals surface area contributed by atoms with Gasteiger partial charge in [-0.1, -0.05) is 12.1 Å². The van der Waals surface area contributed by atoms with Gasteiger partial charge in [0.1, 0.15) is 6.33 Å². The molecule has 3 aromatic rings. The van der Waals surface area contributed by atoms with Crippen LogP contribution in [-0.4, -0.2) is 53.0 Å². The maximum atomic E-state index is 12.9. The molecule has 1 amide bonds. The third kappa shape index (κ3) is 3.66. The van der Waals surface area contributed by atoms with Gasteiger partial charge in [0.15, 0.2) is 6.29 Å². The zero-order valence-electron chi connectivity index (χ0n) is 16.4. The van der Waals surface area contributed by atoms with Crippen molar-refractivity contribution in [1.82, 2.24) is 14.5 Å². The van der Waals surface area contributed by atoms with Gasteiger partial charge in [0.05, 0.1) is 17.6 Å². The molecule has 3 heterocycles. The van der Waals surface area contributed by atoms with E-state index in [4.69, 9.17) is 9.47 Å². The fraction of sp³-hybridized carbons (Fsp3) is 0.391. The average Bonchev–Trinajstić information content (AvgIpc) is 3.20. The van der Waals surface area contributed by atoms with E-state index in [1.165, 1.54) is 0 Å². The monoisotopic (exact) mass is 391 g/mol. The molecule has 0 N–H and O–H groups in total. The second-order valence-corrected chi connectivity index (χ2v) is 7.65. The highest BCUT2D eigenvalue weighted by atomic mass is 16.7. The largest absolute Gasteiger partial charge is 0.353 e. The number of benzene rings is 2. The Morgan fingerprint density at radius 1 is 1.17 bits per heavy atom. The van der Waals surface area contributed by atoms with Crippen molar-refractivity contribution >= 4 is 16.9 Å². The van der Waals surface area contributed by atoms with Crippen molar-refractivity contribution in [3.8, 4) is 5.69 Å². The maximum Gasteiger partial charge on any atom is 0.254 e. The molecule has 0 radical (unpaired) electrons. The molecule has 2 aliphatic rings. The smallest absolute Gasteiger partial charge is 0.254 e. The Hall–Kier alpha value is -2.70. The molecule has 150 valence electrons. The third-order valence-corrected chi connectivity index (χ3v) is 5.79. The first-order valence-corrected chi connectivity index (χ1v) is 10.4. The van der Waals surface area contributed by atoms with E-state index in [2.05, 4.69) is 21.7 Å². The van der Waals surface area contributed by atoms with Gasteiger partial charge in [-0.05, 0) is 61.6 Å². The first-order chi connectivity index (χ1) is 14.3. The molecule has 1 aromatic heterocycles. The Kier molecular flexibility index (Phi) is 5.04. The molecular formula is C23H25N3O3. The molecule has 0 spiro atoms. The second kappa shape index (κ2) is 7.97. The molecule has 2 aliphatic heterocycles. The fourth-order valence-electron chi connectivity index (χ4n) is 4.19. The quantitative estimate of drug-likeness (QED) is 0.667. The number of nitrogens with zero attached hydrogens (tertiary/aromatic N) is 3. The number of carbonyl (C=O) groups excluding carboxylic acids is 1. The van der Waals surface area contributed by atoms with Gasteiger partial charge < -0.3 is 14.4 Å². The van der Waals surface area contributed by atoms with E-state index < -0.39 is 0 Å². The predicted octanol–water partition coefficient (Wildman–Crippen LogP) is 3.57. The highest BCUT2D eigenvalue weighted by molar-refractivity contribution is 5.97. The first-order valence-electron chi connectivity index (χ1n) is 10.4. The van der Waals surface area contributed by atoms with Crippen molar-refractivity contribution in [2.24, 2.45) is 0 Å². The van der Waals surface area contributed by atoms with Crippen LogP contribution in [0.2, 0.25) is 0 Å². The van der Waals surface area contributed by atoms with Crippen LogP contribution in [0, 0.1) is 0 Å². The number of hydrogen-bond donors (Lipinski definition) is 0. The van der Waals surface area contributed by atoms with Gasteiger partial charge >= 0.3 is 0 Å². The van der Waals surface area contributed by atoms with Crippen LogP contribution in [0.25, 0.3) is 16.7 Å². The summed E-state index contributed by atoms with van der Waals surface area (Å²) in [5.41, 5.74) is 4.96. The number of ether oxygens (including phenoxy) is 2. The standard InChI is InChI=1S/C23H25N3O3/c27-23-19-9-8-18(26-16-24-20-5-1-2-6-21(20)26)15-17(19)10-11-25(23)12-14-29-22-7-3-4-13-28-22/h1-2,5-6,8-9,15-16,22H,3-4,7,10-14H2. The lowest BCUT2D eigenvalue weighted by Gasteiger charge is -2.30. The minimum Gasteiger partial charge on any atom is -0.353 e. The van der Waals surface area contributed by atoms with Crippen molar-refractivity contribution in [2.45, 2.75) is 32.0 Å². The number of para-hydroxylation sites is 2. The molecule has 6 nitrogen and oxygen atoms in total. The van der Waals surface area contributed by atoms with Crippen LogP contribution in [0.3, 0.4) is 0 Å². The minimum absolute atomic E-state index is 0.0847. The molecule has 1 atom stereocenters. The molecule has 6 heteroatoms. The van der Waals surface area contributed by atoms with Crippen LogP contribution in [0.1, 0.15) is 35.2 Å². The van der Waals surface area contributed by atoms with Crippen molar-refractivity contribution in [3.63, 3.8) is 0 Å². The molecule has 0 saturated carbocycles. The molecule has 0 aliphatic carbocycles. The number of imidazole rings is 1. The van der Waals surface area contributed by atoms with E-state index in [0.717, 1.165) is 66.7 Å². The van der Waals surface area contributed by atoms with Crippen LogP contribution in [0.4, 0.5) is 0 Å². The lowest BCUT2D eigenvalue weighted by atomic mass is 9.98. The Morgan fingerprint density at radius 2 is 2.10 bits per heavy atom. The maximum absolute atomic E-state index is 12.9. The van der Waals surface area contributed by atoms with Gasteiger partial charge in [-0.2, -0.15) is 0 Å². The lowest BCUT2D eigenvalue weighted by Crippen LogP contribution is -2.40. The molecule has 5 rings (SSSR count). The fourth-order valence-corrected chi connectivity index (χ4v) is 4.19. The summed E-state index contributed by atoms with van der Waals surface area (Å²) >= 11 is 0. The lowest BCUT2D eigenvalue weighted by molar-refractivity contribution is -0.163. The van der Waals surface area contributed by atoms with E-state index in [9.17, 15) is 4.79 Å². The number of fused-ring (bicyclic) bond motifs is 2. The molecular weight excluding hydrogens is 366 g/mol. The van der Waals surface area contributed by atoms with Gasteiger partial charge in [-0.3, -0.25) is 9.36 Å². The summed E-state index contributed by atoms with van der Waals surface area (Å²) in [6.45, 7) is 2.61. The highest BCUT2D eigenvalue weighted by Crippen LogP contribution is 2.24. The molecule has 0 bridgehead atoms. The first kappa shape index (κ1) is 18.3. The topological polar surface area (TPSA) is 56.6 Å². The number of aromatic nitrogens is 2. The summed E-state index contributed by atoms with van der Waals surface area (Å²) in [6, 6.07) is 14.1. The van der Waals surface area contributed by atoms with E-state index in [1.54, 1.807) is 0 Å². The van der Waals surface area contributed by atoms with Gasteiger partial charge in [0.2, 0.25) is 0 Å². The summed E-state index contributed by atoms with van der Waals surface area (Å²) in [4.78, 5) is 19.3. The minimum atomic E-state index is -0.108. The summed E-state index contributed by atoms with van der Waals surface area (Å²) in [5.74, 6) is 0.0847. The zero-order chi connectivity index (χ0) is 19.6. The van der Waals surface area contributed by atoms with Crippen LogP contribution >= 0.6 is 0 Å². The van der Waals surface area contributed by atoms with Gasteiger partial charge in [-0.15, -0.1) is 0 Å². The van der Waals surface area contributed by atoms with Crippen LogP contribution in [0.5, 0.6) is 0 Å². The van der Waals surface area contributed by atoms with E-state index in [-0.39, 0.29) is 12.2 Å². The van der Waals surface area contributed by atoms with Crippen molar-refractivity contribution in [1.29, 1.82) is 0 Å². The van der Waals surface area contributed by atoms with Gasteiger partial charge in [-0.25, -0.2) is 4.98 Å². The number of carbonyl (C=O) groups is 1. The highest BCUT2D eigenvalue weighted by Gasteiger charge is 2.25. The van der Waals surface area contributed by atoms with Crippen LogP contribution in [-0.2, 0) is 15.9 Å². The van der Waals surface area contributed by atoms with Gasteiger partial charge in [0.25, 0.3) is 5.91 Å². The van der Waals surface area contributed by atoms with Crippen LogP contribution in [0.15, 0.2) is 48.8 Å². The molecule has 29 heavy (non-hydrogen) atoms. The number of amides is 1. The SMILES string of the molecule is O=C1c2ccc(-n3cnc4ccccc43)cc2CCN1CCOC1CCCCO1. The van der Waals surface area contributed by atoms with Gasteiger partial charge in [0, 0.05) is 30.9 Å². The second-order valence-electron chi connectivity index (χ2n) is 7.65. The molecule has 2 aromatic carbocycles. The number of hydrogen-bond acceptors (Lipinski definition) is 4. The van der Waals surface area contributed by atoms with E-state index >= 15 is 0 Å². The zero-order valence-corrected chi connectivity index (χ0v) is 16.4. The summed E-state index contributed by atoms with van der Waals surface area (Å²) in [7, 11) is 0. The average molecular weight is 391 g/mol. The Bertz CT molecular complexity index is 1020. The summed E-state index contributed by atoms with van der Waals surface area (Å²) in [5, 5.41) is 0. The molecule has 1 unspecified atom stereocenters. The molecule has 1 saturated heterocycles. The third-order valence-electron chi connectivity index (χ3n) is 5.79. The van der Waals surface area contributed by atoms with Crippen LogP contribution < -0.4 is 0 Å². The summed E-state index contributed by atoms with van der Waals surface area (Å²) < 4.78 is 13.5. The Balaban J connectivity index is 1.28. The normalized spacial score (nSPS) is 19.5. The van der Waals surface area contributed by atoms with E-state index in [0.29, 0.717) is 13.2 Å². The molecule has 1 fully saturated rings. The van der Waals surface area contributed by atoms with Crippen molar-refractivity contribution < 1.29 is 14.3 Å². The Labute approximate surface area is 170 Å².